The van der Waals surface area contributed by atoms with E-state index in [1.54, 1.807) is 0 Å². The molecule has 0 bridgehead atoms. The van der Waals surface area contributed by atoms with Gasteiger partial charge in [-0.2, -0.15) is 0 Å². The highest BCUT2D eigenvalue weighted by Gasteiger charge is 2.39. The highest BCUT2D eigenvalue weighted by molar-refractivity contribution is 5.75. The van der Waals surface area contributed by atoms with Crippen LogP contribution in [0.3, 0.4) is 0 Å². The number of amides is 2. The number of nitrogens with one attached hydrogen (secondary N) is 1. The molecule has 2 atom stereocenters. The van der Waals surface area contributed by atoms with Crippen molar-refractivity contribution in [3.8, 4) is 5.75 Å². The number of likely N-dealkylation sites (tertiary alicyclic amines) is 1. The van der Waals surface area contributed by atoms with Gasteiger partial charge in [-0.15, -0.1) is 0 Å². The average Bonchev–Trinajstić information content (AvgIpc) is 3.01. The number of carbonyl (C=O) groups excluding carboxylic acids is 1. The van der Waals surface area contributed by atoms with Crippen LogP contribution in [0, 0.1) is 5.41 Å². The fraction of sp³-hybridized carbons (Fsp3) is 0.632. The summed E-state index contributed by atoms with van der Waals surface area (Å²) in [6, 6.07) is 7.60. The third-order valence-corrected chi connectivity index (χ3v) is 4.87. The number of aliphatic hydroxyl groups excluding tert-OH is 1. The molecule has 1 fully saturated rings. The summed E-state index contributed by atoms with van der Waals surface area (Å²) in [6.07, 6.45) is 2.85. The van der Waals surface area contributed by atoms with E-state index in [0.29, 0.717) is 19.7 Å². The quantitative estimate of drug-likeness (QED) is 0.804. The van der Waals surface area contributed by atoms with E-state index in [-0.39, 0.29) is 24.1 Å². The van der Waals surface area contributed by atoms with Crippen LogP contribution in [0.25, 0.3) is 0 Å². The highest BCUT2D eigenvalue weighted by Crippen LogP contribution is 2.35. The lowest BCUT2D eigenvalue weighted by Gasteiger charge is -2.27. The first-order valence-electron chi connectivity index (χ1n) is 8.93. The van der Waals surface area contributed by atoms with E-state index in [4.69, 9.17) is 4.74 Å². The van der Waals surface area contributed by atoms with Crippen molar-refractivity contribution in [1.29, 1.82) is 0 Å². The molecule has 2 rings (SSSR count). The molecule has 2 unspecified atom stereocenters. The molecule has 1 aromatic carbocycles. The van der Waals surface area contributed by atoms with Gasteiger partial charge in [-0.25, -0.2) is 4.79 Å². The number of rotatable bonds is 7. The topological polar surface area (TPSA) is 61.8 Å². The van der Waals surface area contributed by atoms with Crippen LogP contribution in [0.4, 0.5) is 4.79 Å². The molecule has 134 valence electrons. The van der Waals surface area contributed by atoms with Crippen LogP contribution in [0.1, 0.15) is 51.6 Å². The van der Waals surface area contributed by atoms with Gasteiger partial charge in [0, 0.05) is 24.1 Å². The lowest BCUT2D eigenvalue weighted by atomic mass is 9.83. The Balaban J connectivity index is 2.00. The van der Waals surface area contributed by atoms with Gasteiger partial charge >= 0.3 is 6.03 Å². The van der Waals surface area contributed by atoms with Crippen molar-refractivity contribution in [2.75, 3.05) is 26.3 Å². The zero-order chi connectivity index (χ0) is 17.6. The number of aliphatic hydroxyl groups is 1. The molecule has 1 aromatic rings. The first-order chi connectivity index (χ1) is 11.5. The minimum atomic E-state index is -0.129. The molecule has 1 aliphatic rings. The Morgan fingerprint density at radius 1 is 1.42 bits per heavy atom. The van der Waals surface area contributed by atoms with E-state index in [9.17, 15) is 9.90 Å². The zero-order valence-corrected chi connectivity index (χ0v) is 15.0. The Hall–Kier alpha value is -1.75. The third kappa shape index (κ3) is 4.20. The summed E-state index contributed by atoms with van der Waals surface area (Å²) in [5.74, 6) is 0.810. The first-order valence-corrected chi connectivity index (χ1v) is 8.93. The van der Waals surface area contributed by atoms with Gasteiger partial charge < -0.3 is 20.1 Å². The van der Waals surface area contributed by atoms with Gasteiger partial charge in [-0.1, -0.05) is 31.5 Å². The Labute approximate surface area is 145 Å². The Kier molecular flexibility index (Phi) is 6.49. The summed E-state index contributed by atoms with van der Waals surface area (Å²) in [5.41, 5.74) is 0.854. The number of urea groups is 1. The molecule has 1 heterocycles. The van der Waals surface area contributed by atoms with E-state index in [2.05, 4.69) is 12.2 Å². The van der Waals surface area contributed by atoms with Crippen molar-refractivity contribution in [3.63, 3.8) is 0 Å². The van der Waals surface area contributed by atoms with E-state index in [1.807, 2.05) is 43.0 Å². The van der Waals surface area contributed by atoms with Gasteiger partial charge in [0.1, 0.15) is 5.75 Å². The Morgan fingerprint density at radius 2 is 2.17 bits per heavy atom. The van der Waals surface area contributed by atoms with Gasteiger partial charge in [0.05, 0.1) is 19.3 Å². The second-order valence-electron chi connectivity index (χ2n) is 6.72. The molecule has 5 heteroatoms. The molecule has 0 saturated carbocycles. The molecule has 24 heavy (non-hydrogen) atoms. The molecular weight excluding hydrogens is 304 g/mol. The van der Waals surface area contributed by atoms with Gasteiger partial charge in [0.15, 0.2) is 0 Å². The monoisotopic (exact) mass is 334 g/mol. The summed E-state index contributed by atoms with van der Waals surface area (Å²) in [5, 5.41) is 12.8. The SMILES string of the molecule is CCCC1(CO)CCN(C(=O)NC(C)c2ccccc2OCC)C1. The second-order valence-corrected chi connectivity index (χ2v) is 6.72. The number of hydrogen-bond acceptors (Lipinski definition) is 3. The number of nitrogens with zero attached hydrogens (tertiary/aromatic N) is 1. The van der Waals surface area contributed by atoms with Crippen LogP contribution in [-0.2, 0) is 0 Å². The van der Waals surface area contributed by atoms with Crippen molar-refractivity contribution in [1.82, 2.24) is 10.2 Å². The molecule has 0 spiro atoms. The molecule has 0 aliphatic carbocycles. The number of para-hydroxylation sites is 1. The van der Waals surface area contributed by atoms with E-state index < -0.39 is 0 Å². The smallest absolute Gasteiger partial charge is 0.317 e. The molecule has 0 aromatic heterocycles. The van der Waals surface area contributed by atoms with Gasteiger partial charge in [0.25, 0.3) is 0 Å². The number of benzene rings is 1. The fourth-order valence-corrected chi connectivity index (χ4v) is 3.53. The summed E-state index contributed by atoms with van der Waals surface area (Å²) in [7, 11) is 0. The number of carbonyl (C=O) groups is 1. The maximum absolute atomic E-state index is 12.6. The molecule has 1 saturated heterocycles. The van der Waals surface area contributed by atoms with Crippen LogP contribution in [0.15, 0.2) is 24.3 Å². The van der Waals surface area contributed by atoms with E-state index in [1.165, 1.54) is 0 Å². The standard InChI is InChI=1S/C19H30N2O3/c1-4-10-19(14-22)11-12-21(13-19)18(23)20-15(3)16-8-6-7-9-17(16)24-5-2/h6-9,15,22H,4-5,10-14H2,1-3H3,(H,20,23). The van der Waals surface area contributed by atoms with Crippen LogP contribution >= 0.6 is 0 Å². The number of ether oxygens (including phenoxy) is 1. The molecule has 0 radical (unpaired) electrons. The summed E-state index contributed by atoms with van der Waals surface area (Å²) < 4.78 is 5.65. The third-order valence-electron chi connectivity index (χ3n) is 4.87. The first kappa shape index (κ1) is 18.6. The summed E-state index contributed by atoms with van der Waals surface area (Å²) in [4.78, 5) is 14.4. The maximum atomic E-state index is 12.6. The molecule has 2 amide bonds. The molecule has 2 N–H and O–H groups in total. The van der Waals surface area contributed by atoms with Gasteiger partial charge in [-0.3, -0.25) is 0 Å². The van der Waals surface area contributed by atoms with Gasteiger partial charge in [-0.05, 0) is 32.8 Å². The molecular formula is C19H30N2O3. The normalized spacial score (nSPS) is 21.6. The van der Waals surface area contributed by atoms with E-state index >= 15 is 0 Å². The lowest BCUT2D eigenvalue weighted by Crippen LogP contribution is -2.41. The fourth-order valence-electron chi connectivity index (χ4n) is 3.53. The predicted molar refractivity (Wildman–Crippen MR) is 95.2 cm³/mol. The maximum Gasteiger partial charge on any atom is 0.317 e. The Bertz CT molecular complexity index is 549. The minimum Gasteiger partial charge on any atom is -0.494 e. The Morgan fingerprint density at radius 3 is 2.83 bits per heavy atom. The zero-order valence-electron chi connectivity index (χ0n) is 15.0. The van der Waals surface area contributed by atoms with Crippen LogP contribution < -0.4 is 10.1 Å². The molecule has 1 aliphatic heterocycles. The predicted octanol–water partition coefficient (Wildman–Crippen LogP) is 3.34. The largest absolute Gasteiger partial charge is 0.494 e. The second kappa shape index (κ2) is 8.38. The van der Waals surface area contributed by atoms with Crippen molar-refractivity contribution >= 4 is 6.03 Å². The summed E-state index contributed by atoms with van der Waals surface area (Å²) in [6.45, 7) is 8.11. The van der Waals surface area contributed by atoms with Crippen molar-refractivity contribution in [2.45, 2.75) is 46.1 Å². The lowest BCUT2D eigenvalue weighted by molar-refractivity contribution is 0.120. The van der Waals surface area contributed by atoms with Crippen molar-refractivity contribution < 1.29 is 14.6 Å². The summed E-state index contributed by atoms with van der Waals surface area (Å²) >= 11 is 0. The van der Waals surface area contributed by atoms with E-state index in [0.717, 1.165) is 30.6 Å². The van der Waals surface area contributed by atoms with Crippen LogP contribution in [0.5, 0.6) is 5.75 Å². The molecule has 5 nitrogen and oxygen atoms in total. The average molecular weight is 334 g/mol. The van der Waals surface area contributed by atoms with Crippen LogP contribution in [-0.4, -0.2) is 42.3 Å². The van der Waals surface area contributed by atoms with Gasteiger partial charge in [0.2, 0.25) is 0 Å². The van der Waals surface area contributed by atoms with Crippen molar-refractivity contribution in [3.05, 3.63) is 29.8 Å². The van der Waals surface area contributed by atoms with Crippen LogP contribution in [0.2, 0.25) is 0 Å². The highest BCUT2D eigenvalue weighted by atomic mass is 16.5. The number of hydrogen-bond donors (Lipinski definition) is 2. The van der Waals surface area contributed by atoms with Crippen molar-refractivity contribution in [2.24, 2.45) is 5.41 Å². The minimum absolute atomic E-state index is 0.0692.